The number of aryl methyl sites for hydroxylation is 1. The van der Waals surface area contributed by atoms with Gasteiger partial charge in [-0.15, -0.1) is 0 Å². The first-order valence-corrected chi connectivity index (χ1v) is 4.88. The van der Waals surface area contributed by atoms with Crippen molar-refractivity contribution in [1.29, 1.82) is 0 Å². The van der Waals surface area contributed by atoms with Crippen molar-refractivity contribution in [2.24, 2.45) is 0 Å². The van der Waals surface area contributed by atoms with Crippen LogP contribution in [0.25, 0.3) is 0 Å². The first-order valence-electron chi connectivity index (χ1n) is 4.88. The topological polar surface area (TPSA) is 46.3 Å². The Morgan fingerprint density at radius 1 is 1.54 bits per heavy atom. The van der Waals surface area contributed by atoms with E-state index >= 15 is 0 Å². The van der Waals surface area contributed by atoms with E-state index in [0.717, 1.165) is 17.3 Å². The third kappa shape index (κ3) is 1.61. The van der Waals surface area contributed by atoms with Gasteiger partial charge in [0.2, 0.25) is 0 Å². The van der Waals surface area contributed by atoms with E-state index in [0.29, 0.717) is 12.3 Å². The second kappa shape index (κ2) is 3.50. The van der Waals surface area contributed by atoms with E-state index in [1.165, 1.54) is 19.3 Å². The molecule has 1 saturated carbocycles. The third-order valence-electron chi connectivity index (χ3n) is 2.71. The van der Waals surface area contributed by atoms with Gasteiger partial charge in [-0.05, 0) is 19.8 Å². The van der Waals surface area contributed by atoms with Gasteiger partial charge in [-0.1, -0.05) is 6.42 Å². The smallest absolute Gasteiger partial charge is 0.197 e. The summed E-state index contributed by atoms with van der Waals surface area (Å²) in [5.74, 6) is 2.30. The molecule has 1 aromatic rings. The first kappa shape index (κ1) is 8.75. The van der Waals surface area contributed by atoms with Crippen molar-refractivity contribution in [3.63, 3.8) is 0 Å². The van der Waals surface area contributed by atoms with Crippen LogP contribution < -0.4 is 0 Å². The maximum Gasteiger partial charge on any atom is 0.197 e. The molecule has 0 saturated heterocycles. The van der Waals surface area contributed by atoms with Gasteiger partial charge in [-0.2, -0.15) is 0 Å². The fourth-order valence-corrected chi connectivity index (χ4v) is 1.62. The number of hydrogen-bond acceptors (Lipinski definition) is 3. The molecule has 2 rings (SSSR count). The van der Waals surface area contributed by atoms with Crippen LogP contribution >= 0.6 is 0 Å². The van der Waals surface area contributed by atoms with Crippen molar-refractivity contribution in [3.8, 4) is 0 Å². The van der Waals surface area contributed by atoms with Crippen LogP contribution in [0, 0.1) is 6.92 Å². The standard InChI is InChI=1S/C10H15NO2/c1-7-9(5-6-12)11-10(13-7)8-3-2-4-8/h8,12H,2-6H2,1H3. The maximum atomic E-state index is 8.78. The van der Waals surface area contributed by atoms with Crippen LogP contribution in [0.1, 0.15) is 42.5 Å². The highest BCUT2D eigenvalue weighted by Gasteiger charge is 2.25. The van der Waals surface area contributed by atoms with E-state index in [9.17, 15) is 0 Å². The Labute approximate surface area is 77.8 Å². The molecule has 1 fully saturated rings. The molecule has 1 aromatic heterocycles. The minimum atomic E-state index is 0.150. The van der Waals surface area contributed by atoms with Crippen molar-refractivity contribution in [2.45, 2.75) is 38.5 Å². The Balaban J connectivity index is 2.14. The fraction of sp³-hybridized carbons (Fsp3) is 0.700. The minimum Gasteiger partial charge on any atom is -0.445 e. The lowest BCUT2D eigenvalue weighted by Crippen LogP contribution is -2.09. The predicted molar refractivity (Wildman–Crippen MR) is 48.6 cm³/mol. The van der Waals surface area contributed by atoms with Crippen LogP contribution in [0.5, 0.6) is 0 Å². The summed E-state index contributed by atoms with van der Waals surface area (Å²) in [5.41, 5.74) is 0.921. The van der Waals surface area contributed by atoms with Gasteiger partial charge in [0.1, 0.15) is 5.76 Å². The lowest BCUT2D eigenvalue weighted by Gasteiger charge is -2.21. The first-order chi connectivity index (χ1) is 6.31. The number of oxazole rings is 1. The number of aliphatic hydroxyl groups excluding tert-OH is 1. The monoisotopic (exact) mass is 181 g/mol. The molecule has 0 amide bonds. The zero-order valence-electron chi connectivity index (χ0n) is 7.92. The fourth-order valence-electron chi connectivity index (χ4n) is 1.62. The average Bonchev–Trinajstić information content (AvgIpc) is 2.30. The average molecular weight is 181 g/mol. The summed E-state index contributed by atoms with van der Waals surface area (Å²) in [5, 5.41) is 8.78. The minimum absolute atomic E-state index is 0.150. The highest BCUT2D eigenvalue weighted by atomic mass is 16.4. The molecular weight excluding hydrogens is 166 g/mol. The number of hydrogen-bond donors (Lipinski definition) is 1. The van der Waals surface area contributed by atoms with Crippen molar-refractivity contribution < 1.29 is 9.52 Å². The van der Waals surface area contributed by atoms with Gasteiger partial charge in [-0.3, -0.25) is 0 Å². The number of rotatable bonds is 3. The lowest BCUT2D eigenvalue weighted by atomic mass is 9.85. The van der Waals surface area contributed by atoms with Crippen molar-refractivity contribution in [1.82, 2.24) is 4.98 Å². The molecule has 13 heavy (non-hydrogen) atoms. The van der Waals surface area contributed by atoms with Gasteiger partial charge in [0, 0.05) is 18.9 Å². The number of nitrogens with zero attached hydrogens (tertiary/aromatic N) is 1. The lowest BCUT2D eigenvalue weighted by molar-refractivity contribution is 0.297. The molecule has 0 unspecified atom stereocenters. The SMILES string of the molecule is Cc1oc(C2CCC2)nc1CCO. The second-order valence-electron chi connectivity index (χ2n) is 3.66. The van der Waals surface area contributed by atoms with Crippen LogP contribution in [-0.2, 0) is 6.42 Å². The third-order valence-corrected chi connectivity index (χ3v) is 2.71. The van der Waals surface area contributed by atoms with Crippen LogP contribution in [0.4, 0.5) is 0 Å². The molecule has 1 N–H and O–H groups in total. The Kier molecular flexibility index (Phi) is 2.36. The van der Waals surface area contributed by atoms with Gasteiger partial charge < -0.3 is 9.52 Å². The molecule has 0 aliphatic heterocycles. The van der Waals surface area contributed by atoms with Gasteiger partial charge in [0.15, 0.2) is 5.89 Å². The molecule has 0 radical (unpaired) electrons. The number of aromatic nitrogens is 1. The Hall–Kier alpha value is -0.830. The quantitative estimate of drug-likeness (QED) is 0.773. The predicted octanol–water partition coefficient (Wildman–Crippen LogP) is 1.79. The normalized spacial score (nSPS) is 17.4. The summed E-state index contributed by atoms with van der Waals surface area (Å²) in [7, 11) is 0. The van der Waals surface area contributed by atoms with Crippen LogP contribution in [0.15, 0.2) is 4.42 Å². The largest absolute Gasteiger partial charge is 0.445 e. The van der Waals surface area contributed by atoms with E-state index in [4.69, 9.17) is 9.52 Å². The molecule has 0 bridgehead atoms. The van der Waals surface area contributed by atoms with E-state index in [1.54, 1.807) is 0 Å². The van der Waals surface area contributed by atoms with Crippen molar-refractivity contribution >= 4 is 0 Å². The summed E-state index contributed by atoms with van der Waals surface area (Å²) < 4.78 is 5.55. The Morgan fingerprint density at radius 3 is 2.85 bits per heavy atom. The van der Waals surface area contributed by atoms with E-state index in [2.05, 4.69) is 4.98 Å². The molecule has 1 aliphatic rings. The van der Waals surface area contributed by atoms with Crippen LogP contribution in [-0.4, -0.2) is 16.7 Å². The molecule has 72 valence electrons. The molecule has 0 aromatic carbocycles. The molecule has 1 aliphatic carbocycles. The summed E-state index contributed by atoms with van der Waals surface area (Å²) in [6, 6.07) is 0. The van der Waals surface area contributed by atoms with Gasteiger partial charge in [0.05, 0.1) is 5.69 Å². The summed E-state index contributed by atoms with van der Waals surface area (Å²) in [4.78, 5) is 4.39. The summed E-state index contributed by atoms with van der Waals surface area (Å²) in [6.45, 7) is 2.07. The molecular formula is C10H15NO2. The van der Waals surface area contributed by atoms with Gasteiger partial charge >= 0.3 is 0 Å². The van der Waals surface area contributed by atoms with E-state index < -0.39 is 0 Å². The Morgan fingerprint density at radius 2 is 2.31 bits per heavy atom. The van der Waals surface area contributed by atoms with Crippen molar-refractivity contribution in [3.05, 3.63) is 17.3 Å². The summed E-state index contributed by atoms with van der Waals surface area (Å²) in [6.07, 6.45) is 4.32. The van der Waals surface area contributed by atoms with E-state index in [1.807, 2.05) is 6.92 Å². The molecule has 1 heterocycles. The van der Waals surface area contributed by atoms with Crippen LogP contribution in [0.3, 0.4) is 0 Å². The summed E-state index contributed by atoms with van der Waals surface area (Å²) >= 11 is 0. The van der Waals surface area contributed by atoms with E-state index in [-0.39, 0.29) is 6.61 Å². The van der Waals surface area contributed by atoms with Gasteiger partial charge in [-0.25, -0.2) is 4.98 Å². The molecule has 3 heteroatoms. The zero-order valence-corrected chi connectivity index (χ0v) is 7.92. The molecule has 0 atom stereocenters. The Bertz CT molecular complexity index is 289. The highest BCUT2D eigenvalue weighted by Crippen LogP contribution is 2.36. The number of aliphatic hydroxyl groups is 1. The zero-order chi connectivity index (χ0) is 9.26. The highest BCUT2D eigenvalue weighted by molar-refractivity contribution is 5.11. The molecule has 0 spiro atoms. The van der Waals surface area contributed by atoms with Crippen LogP contribution in [0.2, 0.25) is 0 Å². The second-order valence-corrected chi connectivity index (χ2v) is 3.66. The van der Waals surface area contributed by atoms with Gasteiger partial charge in [0.25, 0.3) is 0 Å². The molecule has 3 nitrogen and oxygen atoms in total. The maximum absolute atomic E-state index is 8.78. The van der Waals surface area contributed by atoms with Crippen molar-refractivity contribution in [2.75, 3.05) is 6.61 Å².